The molecule has 2 heteroatoms. The van der Waals surface area contributed by atoms with Gasteiger partial charge >= 0.3 is 0 Å². The average molecular weight is 256 g/mol. The Kier molecular flexibility index (Phi) is 3.79. The van der Waals surface area contributed by atoms with E-state index in [-0.39, 0.29) is 5.92 Å². The van der Waals surface area contributed by atoms with Crippen LogP contribution in [0, 0.1) is 17.8 Å². The number of fused-ring (bicyclic) bond motifs is 1. The number of Topliss-reactive ketones (excluding diaryl/α,β-unsaturated/α-hetero) is 1. The van der Waals surface area contributed by atoms with E-state index in [1.807, 2.05) is 18.2 Å². The maximum Gasteiger partial charge on any atom is 0.138 e. The molecular weight excluding hydrogens is 236 g/mol. The molecule has 3 atom stereocenters. The van der Waals surface area contributed by atoms with E-state index in [0.29, 0.717) is 30.8 Å². The Labute approximate surface area is 114 Å². The highest BCUT2D eigenvalue weighted by atomic mass is 16.5. The predicted octanol–water partition coefficient (Wildman–Crippen LogP) is 3.37. The Hall–Kier alpha value is -1.41. The Bertz CT molecular complexity index is 463. The Morgan fingerprint density at radius 1 is 1.11 bits per heavy atom. The summed E-state index contributed by atoms with van der Waals surface area (Å²) in [7, 11) is 0. The lowest BCUT2D eigenvalue weighted by atomic mass is 9.82. The van der Waals surface area contributed by atoms with Crippen LogP contribution in [0.25, 0.3) is 0 Å². The zero-order valence-corrected chi connectivity index (χ0v) is 11.1. The summed E-state index contributed by atoms with van der Waals surface area (Å²) in [4.78, 5) is 12.1. The number of carbonyl (C=O) groups is 1. The van der Waals surface area contributed by atoms with Gasteiger partial charge in [0.05, 0.1) is 13.2 Å². The van der Waals surface area contributed by atoms with Crippen LogP contribution >= 0.6 is 0 Å². The molecule has 0 aliphatic heterocycles. The summed E-state index contributed by atoms with van der Waals surface area (Å²) in [5.74, 6) is 1.63. The molecule has 0 spiro atoms. The van der Waals surface area contributed by atoms with Gasteiger partial charge in [-0.25, -0.2) is 0 Å². The SMILES string of the molecule is O=C1C[C@H]2CC=CC[C@H]2[C@@H]1COCc1ccccc1. The fourth-order valence-corrected chi connectivity index (χ4v) is 3.36. The first-order valence-electron chi connectivity index (χ1n) is 7.14. The first-order chi connectivity index (χ1) is 9.34. The van der Waals surface area contributed by atoms with Gasteiger partial charge in [-0.2, -0.15) is 0 Å². The van der Waals surface area contributed by atoms with Crippen molar-refractivity contribution in [1.82, 2.24) is 0 Å². The molecule has 2 aliphatic rings. The summed E-state index contributed by atoms with van der Waals surface area (Å²) in [5, 5.41) is 0. The molecule has 1 aromatic carbocycles. The molecule has 100 valence electrons. The van der Waals surface area contributed by atoms with Gasteiger partial charge in [0, 0.05) is 12.3 Å². The van der Waals surface area contributed by atoms with Crippen LogP contribution in [-0.2, 0) is 16.1 Å². The molecule has 0 amide bonds. The first kappa shape index (κ1) is 12.6. The molecule has 1 saturated carbocycles. The molecule has 19 heavy (non-hydrogen) atoms. The van der Waals surface area contributed by atoms with Crippen LogP contribution in [0.4, 0.5) is 0 Å². The number of allylic oxidation sites excluding steroid dienone is 2. The van der Waals surface area contributed by atoms with E-state index < -0.39 is 0 Å². The molecule has 0 saturated heterocycles. The van der Waals surface area contributed by atoms with E-state index in [1.165, 1.54) is 5.56 Å². The van der Waals surface area contributed by atoms with Crippen LogP contribution in [0.3, 0.4) is 0 Å². The van der Waals surface area contributed by atoms with E-state index in [4.69, 9.17) is 4.74 Å². The van der Waals surface area contributed by atoms with Crippen molar-refractivity contribution in [2.75, 3.05) is 6.61 Å². The largest absolute Gasteiger partial charge is 0.376 e. The number of rotatable bonds is 4. The van der Waals surface area contributed by atoms with Crippen molar-refractivity contribution in [3.63, 3.8) is 0 Å². The van der Waals surface area contributed by atoms with Gasteiger partial charge < -0.3 is 4.74 Å². The smallest absolute Gasteiger partial charge is 0.138 e. The molecule has 1 fully saturated rings. The van der Waals surface area contributed by atoms with E-state index in [9.17, 15) is 4.79 Å². The van der Waals surface area contributed by atoms with E-state index in [2.05, 4.69) is 24.3 Å². The summed E-state index contributed by atoms with van der Waals surface area (Å²) in [6, 6.07) is 10.1. The van der Waals surface area contributed by atoms with Gasteiger partial charge in [0.25, 0.3) is 0 Å². The molecule has 0 unspecified atom stereocenters. The quantitative estimate of drug-likeness (QED) is 0.772. The topological polar surface area (TPSA) is 26.3 Å². The van der Waals surface area contributed by atoms with E-state index >= 15 is 0 Å². The maximum atomic E-state index is 12.1. The minimum atomic E-state index is 0.124. The van der Waals surface area contributed by atoms with Crippen LogP contribution in [0.15, 0.2) is 42.5 Å². The fraction of sp³-hybridized carbons (Fsp3) is 0.471. The summed E-state index contributed by atoms with van der Waals surface area (Å²) in [5.41, 5.74) is 1.17. The van der Waals surface area contributed by atoms with Gasteiger partial charge in [0.2, 0.25) is 0 Å². The molecule has 0 radical (unpaired) electrons. The number of ketones is 1. The molecule has 0 heterocycles. The van der Waals surface area contributed by atoms with Crippen LogP contribution in [0.1, 0.15) is 24.8 Å². The Balaban J connectivity index is 1.55. The third-order valence-corrected chi connectivity index (χ3v) is 4.42. The molecule has 2 nitrogen and oxygen atoms in total. The van der Waals surface area contributed by atoms with Gasteiger partial charge in [-0.05, 0) is 30.2 Å². The van der Waals surface area contributed by atoms with E-state index in [1.54, 1.807) is 0 Å². The third-order valence-electron chi connectivity index (χ3n) is 4.42. The second kappa shape index (κ2) is 5.70. The first-order valence-corrected chi connectivity index (χ1v) is 7.14. The van der Waals surface area contributed by atoms with Gasteiger partial charge in [0.1, 0.15) is 5.78 Å². The average Bonchev–Trinajstić information content (AvgIpc) is 2.76. The third kappa shape index (κ3) is 2.79. The van der Waals surface area contributed by atoms with Gasteiger partial charge in [0.15, 0.2) is 0 Å². The maximum absolute atomic E-state index is 12.1. The molecule has 3 rings (SSSR count). The summed E-state index contributed by atoms with van der Waals surface area (Å²) < 4.78 is 5.78. The van der Waals surface area contributed by atoms with Crippen molar-refractivity contribution in [3.8, 4) is 0 Å². The van der Waals surface area contributed by atoms with Crippen molar-refractivity contribution in [3.05, 3.63) is 48.0 Å². The minimum Gasteiger partial charge on any atom is -0.376 e. The predicted molar refractivity (Wildman–Crippen MR) is 74.6 cm³/mol. The highest BCUT2D eigenvalue weighted by molar-refractivity contribution is 5.84. The Morgan fingerprint density at radius 3 is 2.74 bits per heavy atom. The lowest BCUT2D eigenvalue weighted by Gasteiger charge is -2.24. The minimum absolute atomic E-state index is 0.124. The second-order valence-electron chi connectivity index (χ2n) is 5.64. The molecule has 2 aliphatic carbocycles. The van der Waals surface area contributed by atoms with Crippen molar-refractivity contribution in [2.24, 2.45) is 17.8 Å². The summed E-state index contributed by atoms with van der Waals surface area (Å²) in [6.45, 7) is 1.20. The highest BCUT2D eigenvalue weighted by Gasteiger charge is 2.41. The normalized spacial score (nSPS) is 29.5. The molecule has 0 aromatic heterocycles. The number of carbonyl (C=O) groups excluding carboxylic acids is 1. The molecule has 0 N–H and O–H groups in total. The standard InChI is InChI=1S/C17H20O2/c18-17-10-14-8-4-5-9-15(14)16(17)12-19-11-13-6-2-1-3-7-13/h1-7,14-16H,8-12H2/t14-,15-,16+/m1/s1. The zero-order valence-electron chi connectivity index (χ0n) is 11.1. The number of hydrogen-bond acceptors (Lipinski definition) is 2. The fourth-order valence-electron chi connectivity index (χ4n) is 3.36. The van der Waals surface area contributed by atoms with Crippen molar-refractivity contribution >= 4 is 5.78 Å². The van der Waals surface area contributed by atoms with Crippen molar-refractivity contribution in [1.29, 1.82) is 0 Å². The van der Waals surface area contributed by atoms with Gasteiger partial charge in [-0.1, -0.05) is 42.5 Å². The lowest BCUT2D eigenvalue weighted by Crippen LogP contribution is -2.23. The van der Waals surface area contributed by atoms with Crippen molar-refractivity contribution < 1.29 is 9.53 Å². The van der Waals surface area contributed by atoms with E-state index in [0.717, 1.165) is 19.3 Å². The van der Waals surface area contributed by atoms with Gasteiger partial charge in [-0.15, -0.1) is 0 Å². The van der Waals surface area contributed by atoms with Crippen molar-refractivity contribution in [2.45, 2.75) is 25.9 Å². The number of hydrogen-bond donors (Lipinski definition) is 0. The highest BCUT2D eigenvalue weighted by Crippen LogP contribution is 2.41. The second-order valence-corrected chi connectivity index (χ2v) is 5.64. The van der Waals surface area contributed by atoms with Gasteiger partial charge in [-0.3, -0.25) is 4.79 Å². The molecule has 1 aromatic rings. The number of benzene rings is 1. The van der Waals surface area contributed by atoms with Crippen LogP contribution < -0.4 is 0 Å². The van der Waals surface area contributed by atoms with Crippen LogP contribution in [0.5, 0.6) is 0 Å². The monoisotopic (exact) mass is 256 g/mol. The molecular formula is C17H20O2. The Morgan fingerprint density at radius 2 is 1.89 bits per heavy atom. The van der Waals surface area contributed by atoms with Crippen LogP contribution in [0.2, 0.25) is 0 Å². The summed E-state index contributed by atoms with van der Waals surface area (Å²) >= 11 is 0. The zero-order chi connectivity index (χ0) is 13.1. The number of ether oxygens (including phenoxy) is 1. The molecule has 0 bridgehead atoms. The lowest BCUT2D eigenvalue weighted by molar-refractivity contribution is -0.123. The van der Waals surface area contributed by atoms with Crippen LogP contribution in [-0.4, -0.2) is 12.4 Å². The summed E-state index contributed by atoms with van der Waals surface area (Å²) in [6.07, 6.45) is 7.33.